The lowest BCUT2D eigenvalue weighted by Gasteiger charge is -2.36. The second-order valence-electron chi connectivity index (χ2n) is 12.5. The summed E-state index contributed by atoms with van der Waals surface area (Å²) >= 11 is 0. The van der Waals surface area contributed by atoms with Gasteiger partial charge in [0, 0.05) is 50.3 Å². The Bertz CT molecular complexity index is 1240. The number of rotatable bonds is 10. The van der Waals surface area contributed by atoms with Crippen molar-refractivity contribution >= 4 is 23.4 Å². The summed E-state index contributed by atoms with van der Waals surface area (Å²) < 4.78 is 12.7. The molecule has 0 saturated heterocycles. The largest absolute Gasteiger partial charge is 0.490 e. The van der Waals surface area contributed by atoms with Crippen LogP contribution in [0.1, 0.15) is 73.6 Å². The number of ether oxygens (including phenoxy) is 2. The zero-order valence-electron chi connectivity index (χ0n) is 27.8. The van der Waals surface area contributed by atoms with E-state index in [1.165, 1.54) is 0 Å². The molecule has 0 unspecified atom stereocenters. The Morgan fingerprint density at radius 3 is 2.51 bits per heavy atom. The molecule has 0 spiro atoms. The summed E-state index contributed by atoms with van der Waals surface area (Å²) in [6.07, 6.45) is 3.06. The molecule has 1 aliphatic rings. The van der Waals surface area contributed by atoms with E-state index >= 15 is 0 Å². The maximum atomic E-state index is 14.3. The number of hydrogen-bond acceptors (Lipinski definition) is 7. The molecule has 0 saturated carbocycles. The zero-order chi connectivity index (χ0) is 32.9. The molecule has 248 valence electrons. The summed E-state index contributed by atoms with van der Waals surface area (Å²) in [5.74, 6) is -0.251. The van der Waals surface area contributed by atoms with Crippen molar-refractivity contribution in [3.8, 4) is 5.75 Å². The number of carbonyl (C=O) groups excluding carboxylic acids is 3. The van der Waals surface area contributed by atoms with E-state index in [-0.39, 0.29) is 49.0 Å². The van der Waals surface area contributed by atoms with E-state index < -0.39 is 6.04 Å². The quantitative estimate of drug-likeness (QED) is 0.400. The van der Waals surface area contributed by atoms with Crippen molar-refractivity contribution in [3.05, 3.63) is 59.7 Å². The van der Waals surface area contributed by atoms with Crippen LogP contribution in [-0.2, 0) is 9.53 Å². The first-order chi connectivity index (χ1) is 21.5. The molecule has 45 heavy (non-hydrogen) atoms. The molecule has 0 bridgehead atoms. The van der Waals surface area contributed by atoms with E-state index in [9.17, 15) is 19.5 Å². The van der Waals surface area contributed by atoms with Gasteiger partial charge in [-0.3, -0.25) is 14.4 Å². The van der Waals surface area contributed by atoms with E-state index in [1.807, 2.05) is 51.0 Å². The molecule has 2 aromatic rings. The predicted octanol–water partition coefficient (Wildman–Crippen LogP) is 4.53. The summed E-state index contributed by atoms with van der Waals surface area (Å²) in [5.41, 5.74) is 1.44. The van der Waals surface area contributed by atoms with Crippen LogP contribution in [0.2, 0.25) is 0 Å². The topological polar surface area (TPSA) is 112 Å². The second-order valence-corrected chi connectivity index (χ2v) is 12.5. The number of amides is 3. The van der Waals surface area contributed by atoms with Gasteiger partial charge >= 0.3 is 0 Å². The summed E-state index contributed by atoms with van der Waals surface area (Å²) in [5, 5.41) is 13.1. The van der Waals surface area contributed by atoms with Gasteiger partial charge in [-0.1, -0.05) is 25.1 Å². The fourth-order valence-electron chi connectivity index (χ4n) is 5.40. The van der Waals surface area contributed by atoms with Gasteiger partial charge in [-0.15, -0.1) is 0 Å². The third-order valence-corrected chi connectivity index (χ3v) is 8.17. The van der Waals surface area contributed by atoms with Gasteiger partial charge in [0.25, 0.3) is 11.8 Å². The molecule has 0 radical (unpaired) electrons. The van der Waals surface area contributed by atoms with Crippen LogP contribution in [0.5, 0.6) is 5.75 Å². The van der Waals surface area contributed by atoms with Crippen LogP contribution in [-0.4, -0.2) is 110 Å². The Balaban J connectivity index is 1.89. The van der Waals surface area contributed by atoms with Gasteiger partial charge in [0.2, 0.25) is 5.91 Å². The third kappa shape index (κ3) is 11.1. The first-order valence-electron chi connectivity index (χ1n) is 16.1. The first kappa shape index (κ1) is 36.0. The number of nitrogens with zero attached hydrogens (tertiary/aromatic N) is 3. The molecule has 4 atom stereocenters. The van der Waals surface area contributed by atoms with Gasteiger partial charge in [0.15, 0.2) is 0 Å². The molecule has 0 aliphatic carbocycles. The van der Waals surface area contributed by atoms with Crippen LogP contribution in [0.3, 0.4) is 0 Å². The summed E-state index contributed by atoms with van der Waals surface area (Å²) in [6, 6.07) is 13.8. The summed E-state index contributed by atoms with van der Waals surface area (Å²) in [4.78, 5) is 45.4. The van der Waals surface area contributed by atoms with Crippen LogP contribution in [0, 0.1) is 5.92 Å². The number of aliphatic hydroxyl groups is 1. The minimum Gasteiger partial charge on any atom is -0.490 e. The lowest BCUT2D eigenvalue weighted by atomic mass is 10.0. The Morgan fingerprint density at radius 1 is 1.09 bits per heavy atom. The lowest BCUT2D eigenvalue weighted by Crippen LogP contribution is -2.48. The van der Waals surface area contributed by atoms with Crippen molar-refractivity contribution in [2.45, 2.75) is 71.1 Å². The average Bonchev–Trinajstić information content (AvgIpc) is 3.02. The van der Waals surface area contributed by atoms with Crippen molar-refractivity contribution in [2.24, 2.45) is 5.92 Å². The molecule has 0 aromatic heterocycles. The third-order valence-electron chi connectivity index (χ3n) is 8.17. The maximum Gasteiger partial charge on any atom is 0.258 e. The zero-order valence-corrected chi connectivity index (χ0v) is 27.8. The van der Waals surface area contributed by atoms with Crippen LogP contribution < -0.4 is 10.1 Å². The van der Waals surface area contributed by atoms with Gasteiger partial charge in [0.05, 0.1) is 30.4 Å². The standard InChI is InChI=1S/C35H52N4O6/c1-25-22-39(26(2)24-40)35(43)30-21-29(36-33(41)16-12-19-37(4)5)17-18-31(30)45-27(3)13-10-11-20-44-32(25)23-38(6)34(42)28-14-8-7-9-15-28/h7-9,14-15,17-18,21,25-27,32,40H,10-13,16,19-20,22-24H2,1-6H3,(H,36,41)/t25-,26-,27+,32-/m1/s1. The molecule has 10 nitrogen and oxygen atoms in total. The van der Waals surface area contributed by atoms with Crippen molar-refractivity contribution in [1.82, 2.24) is 14.7 Å². The highest BCUT2D eigenvalue weighted by atomic mass is 16.5. The van der Waals surface area contributed by atoms with Crippen LogP contribution in [0.4, 0.5) is 5.69 Å². The second kappa shape index (κ2) is 17.9. The minimum atomic E-state index is -0.494. The van der Waals surface area contributed by atoms with E-state index in [0.717, 1.165) is 32.2 Å². The monoisotopic (exact) mass is 624 g/mol. The number of nitrogens with one attached hydrogen (secondary N) is 1. The normalized spacial score (nSPS) is 20.5. The van der Waals surface area contributed by atoms with Gasteiger partial charge in [-0.25, -0.2) is 0 Å². The number of aliphatic hydroxyl groups excluding tert-OH is 1. The highest BCUT2D eigenvalue weighted by Gasteiger charge is 2.31. The molecule has 1 aliphatic heterocycles. The number of fused-ring (bicyclic) bond motifs is 1. The Kier molecular flexibility index (Phi) is 14.3. The number of anilines is 1. The van der Waals surface area contributed by atoms with Crippen molar-refractivity contribution in [1.29, 1.82) is 0 Å². The fourth-order valence-corrected chi connectivity index (χ4v) is 5.40. The fraction of sp³-hybridized carbons (Fsp3) is 0.571. The Hall–Kier alpha value is -3.47. The Labute approximate surface area is 268 Å². The molecule has 3 rings (SSSR count). The molecular weight excluding hydrogens is 572 g/mol. The molecular formula is C35H52N4O6. The molecule has 2 N–H and O–H groups in total. The smallest absolute Gasteiger partial charge is 0.258 e. The van der Waals surface area contributed by atoms with Crippen molar-refractivity contribution < 1.29 is 29.0 Å². The summed E-state index contributed by atoms with van der Waals surface area (Å²) in [7, 11) is 5.70. The van der Waals surface area contributed by atoms with Crippen LogP contribution in [0.25, 0.3) is 0 Å². The molecule has 0 fully saturated rings. The number of carbonyl (C=O) groups is 3. The molecule has 1 heterocycles. The number of hydrogen-bond donors (Lipinski definition) is 2. The predicted molar refractivity (Wildman–Crippen MR) is 177 cm³/mol. The van der Waals surface area contributed by atoms with Crippen LogP contribution >= 0.6 is 0 Å². The Morgan fingerprint density at radius 2 is 1.82 bits per heavy atom. The number of likely N-dealkylation sites (N-methyl/N-ethyl adjacent to an activating group) is 1. The highest BCUT2D eigenvalue weighted by Crippen LogP contribution is 2.28. The van der Waals surface area contributed by atoms with Gasteiger partial charge < -0.3 is 34.6 Å². The van der Waals surface area contributed by atoms with E-state index in [2.05, 4.69) is 5.32 Å². The van der Waals surface area contributed by atoms with Crippen LogP contribution in [0.15, 0.2) is 48.5 Å². The van der Waals surface area contributed by atoms with E-state index in [0.29, 0.717) is 42.1 Å². The van der Waals surface area contributed by atoms with Gasteiger partial charge in [-0.2, -0.15) is 0 Å². The SMILES string of the molecule is C[C@@H]1CN([C@H](C)CO)C(=O)c2cc(NC(=O)CCCN(C)C)ccc2O[C@@H](C)CCCCO[C@@H]1CN(C)C(=O)c1ccccc1. The lowest BCUT2D eigenvalue weighted by molar-refractivity contribution is -0.116. The number of benzene rings is 2. The first-order valence-corrected chi connectivity index (χ1v) is 16.1. The summed E-state index contributed by atoms with van der Waals surface area (Å²) in [6.45, 7) is 7.51. The van der Waals surface area contributed by atoms with Crippen molar-refractivity contribution in [3.63, 3.8) is 0 Å². The van der Waals surface area contributed by atoms with E-state index in [1.54, 1.807) is 54.1 Å². The highest BCUT2D eigenvalue weighted by molar-refractivity contribution is 5.99. The molecule has 10 heteroatoms. The molecule has 2 aromatic carbocycles. The van der Waals surface area contributed by atoms with Gasteiger partial charge in [0.1, 0.15) is 5.75 Å². The van der Waals surface area contributed by atoms with E-state index in [4.69, 9.17) is 9.47 Å². The average molecular weight is 625 g/mol. The van der Waals surface area contributed by atoms with Gasteiger partial charge in [-0.05, 0) is 90.5 Å². The minimum absolute atomic E-state index is 0.0985. The maximum absolute atomic E-state index is 14.3. The van der Waals surface area contributed by atoms with Crippen molar-refractivity contribution in [2.75, 3.05) is 59.3 Å². The molecule has 3 amide bonds.